The fourth-order valence-electron chi connectivity index (χ4n) is 0.936. The van der Waals surface area contributed by atoms with E-state index in [2.05, 4.69) is 44.2 Å². The third-order valence-corrected chi connectivity index (χ3v) is 1.77. The van der Waals surface area contributed by atoms with E-state index < -0.39 is 0 Å². The van der Waals surface area contributed by atoms with Crippen molar-refractivity contribution in [3.8, 4) is 0 Å². The summed E-state index contributed by atoms with van der Waals surface area (Å²) < 4.78 is 0. The van der Waals surface area contributed by atoms with E-state index in [1.807, 2.05) is 6.07 Å². The predicted molar refractivity (Wildman–Crippen MR) is 50.4 cm³/mol. The number of hydrogen-bond donors (Lipinski definition) is 0. The molecule has 0 heteroatoms. The molecular formula is C11H14. The minimum atomic E-state index is 1.13. The lowest BCUT2D eigenvalue weighted by Gasteiger charge is -1.95. The third kappa shape index (κ3) is 2.58. The Hall–Kier alpha value is -1.04. The summed E-state index contributed by atoms with van der Waals surface area (Å²) in [6.07, 6.45) is 3.36. The zero-order valence-corrected chi connectivity index (χ0v) is 7.17. The van der Waals surface area contributed by atoms with Crippen LogP contribution in [0.3, 0.4) is 0 Å². The van der Waals surface area contributed by atoms with Crippen LogP contribution in [0.15, 0.2) is 35.9 Å². The van der Waals surface area contributed by atoms with Gasteiger partial charge in [-0.25, -0.2) is 0 Å². The summed E-state index contributed by atoms with van der Waals surface area (Å²) in [4.78, 5) is 0. The van der Waals surface area contributed by atoms with Crippen LogP contribution in [0.4, 0.5) is 0 Å². The smallest absolute Gasteiger partial charge is 0.0257 e. The van der Waals surface area contributed by atoms with Crippen molar-refractivity contribution >= 4 is 6.08 Å². The topological polar surface area (TPSA) is 0 Å². The van der Waals surface area contributed by atoms with Gasteiger partial charge in [-0.2, -0.15) is 0 Å². The summed E-state index contributed by atoms with van der Waals surface area (Å²) in [5.74, 6) is 0. The Morgan fingerprint density at radius 3 is 2.45 bits per heavy atom. The van der Waals surface area contributed by atoms with E-state index in [1.165, 1.54) is 11.1 Å². The zero-order chi connectivity index (χ0) is 8.10. The monoisotopic (exact) mass is 146 g/mol. The van der Waals surface area contributed by atoms with Crippen LogP contribution in [-0.4, -0.2) is 0 Å². The van der Waals surface area contributed by atoms with Gasteiger partial charge in [0.15, 0.2) is 0 Å². The van der Waals surface area contributed by atoms with Crippen LogP contribution in [0.1, 0.15) is 25.8 Å². The summed E-state index contributed by atoms with van der Waals surface area (Å²) in [5.41, 5.74) is 2.73. The molecule has 0 radical (unpaired) electrons. The fraction of sp³-hybridized carbons (Fsp3) is 0.273. The molecule has 0 N–H and O–H groups in total. The third-order valence-electron chi connectivity index (χ3n) is 1.77. The maximum absolute atomic E-state index is 2.22. The minimum Gasteiger partial charge on any atom is -0.0730 e. The average molecular weight is 146 g/mol. The highest BCUT2D eigenvalue weighted by Gasteiger charge is 1.85. The summed E-state index contributed by atoms with van der Waals surface area (Å²) in [7, 11) is 0. The molecular weight excluding hydrogens is 132 g/mol. The molecule has 0 spiro atoms. The largest absolute Gasteiger partial charge is 0.0730 e. The van der Waals surface area contributed by atoms with Gasteiger partial charge in [0.2, 0.25) is 0 Å². The van der Waals surface area contributed by atoms with Gasteiger partial charge in [-0.3, -0.25) is 0 Å². The lowest BCUT2D eigenvalue weighted by Crippen LogP contribution is -1.73. The lowest BCUT2D eigenvalue weighted by molar-refractivity contribution is 1.11. The molecule has 0 heterocycles. The molecule has 0 amide bonds. The van der Waals surface area contributed by atoms with Crippen molar-refractivity contribution in [2.45, 2.75) is 20.3 Å². The van der Waals surface area contributed by atoms with E-state index in [-0.39, 0.29) is 0 Å². The Bertz CT molecular complexity index is 231. The molecule has 0 saturated heterocycles. The molecule has 0 nitrogen and oxygen atoms in total. The quantitative estimate of drug-likeness (QED) is 0.599. The first-order chi connectivity index (χ1) is 5.33. The van der Waals surface area contributed by atoms with E-state index >= 15 is 0 Å². The molecule has 0 aliphatic heterocycles. The number of allylic oxidation sites excluding steroid dienone is 1. The molecule has 58 valence electrons. The highest BCUT2D eigenvalue weighted by atomic mass is 13.9. The standard InChI is InChI=1S/C11H14/c1-3-10(2)9-11-7-5-4-6-8-11/h4-9H,3H2,1-2H3/b10-9+. The van der Waals surface area contributed by atoms with Crippen LogP contribution in [0.2, 0.25) is 0 Å². The van der Waals surface area contributed by atoms with Crippen molar-refractivity contribution in [1.29, 1.82) is 0 Å². The van der Waals surface area contributed by atoms with Crippen LogP contribution in [0.5, 0.6) is 0 Å². The van der Waals surface area contributed by atoms with E-state index in [1.54, 1.807) is 0 Å². The number of hydrogen-bond acceptors (Lipinski definition) is 0. The van der Waals surface area contributed by atoms with Crippen LogP contribution >= 0.6 is 0 Å². The maximum Gasteiger partial charge on any atom is -0.0257 e. The van der Waals surface area contributed by atoms with Gasteiger partial charge in [-0.15, -0.1) is 0 Å². The summed E-state index contributed by atoms with van der Waals surface area (Å²) >= 11 is 0. The Morgan fingerprint density at radius 2 is 1.91 bits per heavy atom. The van der Waals surface area contributed by atoms with Crippen molar-refractivity contribution in [3.63, 3.8) is 0 Å². The first-order valence-electron chi connectivity index (χ1n) is 4.05. The normalized spacial score (nSPS) is 11.6. The van der Waals surface area contributed by atoms with Gasteiger partial charge < -0.3 is 0 Å². The van der Waals surface area contributed by atoms with Gasteiger partial charge in [0, 0.05) is 0 Å². The van der Waals surface area contributed by atoms with Gasteiger partial charge in [-0.05, 0) is 18.9 Å². The molecule has 1 aromatic rings. The highest BCUT2D eigenvalue weighted by Crippen LogP contribution is 2.07. The Morgan fingerprint density at radius 1 is 1.27 bits per heavy atom. The first-order valence-corrected chi connectivity index (χ1v) is 4.05. The second-order valence-electron chi connectivity index (χ2n) is 2.75. The molecule has 0 saturated carbocycles. The van der Waals surface area contributed by atoms with Gasteiger partial charge in [0.25, 0.3) is 0 Å². The first kappa shape index (κ1) is 8.06. The Kier molecular flexibility index (Phi) is 2.91. The van der Waals surface area contributed by atoms with Crippen LogP contribution < -0.4 is 0 Å². The molecule has 1 aromatic carbocycles. The molecule has 0 bridgehead atoms. The number of rotatable bonds is 2. The van der Waals surface area contributed by atoms with Gasteiger partial charge in [0.1, 0.15) is 0 Å². The Labute approximate surface area is 68.6 Å². The van der Waals surface area contributed by atoms with Gasteiger partial charge in [0.05, 0.1) is 0 Å². The highest BCUT2D eigenvalue weighted by molar-refractivity contribution is 5.51. The van der Waals surface area contributed by atoms with Crippen molar-refractivity contribution in [2.24, 2.45) is 0 Å². The van der Waals surface area contributed by atoms with E-state index in [0.717, 1.165) is 6.42 Å². The van der Waals surface area contributed by atoms with Crippen LogP contribution in [-0.2, 0) is 0 Å². The molecule has 1 rings (SSSR count). The van der Waals surface area contributed by atoms with E-state index in [9.17, 15) is 0 Å². The van der Waals surface area contributed by atoms with E-state index in [0.29, 0.717) is 0 Å². The van der Waals surface area contributed by atoms with Gasteiger partial charge >= 0.3 is 0 Å². The van der Waals surface area contributed by atoms with Crippen LogP contribution in [0, 0.1) is 0 Å². The van der Waals surface area contributed by atoms with Crippen molar-refractivity contribution in [3.05, 3.63) is 41.5 Å². The SMILES string of the molecule is CC/C(C)=C/c1ccccc1. The minimum absolute atomic E-state index is 1.13. The summed E-state index contributed by atoms with van der Waals surface area (Å²) in [6, 6.07) is 10.4. The van der Waals surface area contributed by atoms with Crippen molar-refractivity contribution in [1.82, 2.24) is 0 Å². The predicted octanol–water partition coefficient (Wildman–Crippen LogP) is 3.50. The molecule has 0 fully saturated rings. The molecule has 0 atom stereocenters. The Balaban J connectivity index is 2.79. The lowest BCUT2D eigenvalue weighted by atomic mass is 10.1. The molecule has 11 heavy (non-hydrogen) atoms. The fourth-order valence-corrected chi connectivity index (χ4v) is 0.936. The second kappa shape index (κ2) is 3.97. The summed E-state index contributed by atoms with van der Waals surface area (Å²) in [5, 5.41) is 0. The molecule has 0 aliphatic carbocycles. The molecule has 0 aliphatic rings. The van der Waals surface area contributed by atoms with Crippen molar-refractivity contribution < 1.29 is 0 Å². The average Bonchev–Trinajstić information content (AvgIpc) is 2.06. The maximum atomic E-state index is 2.22. The second-order valence-corrected chi connectivity index (χ2v) is 2.75. The van der Waals surface area contributed by atoms with Crippen LogP contribution in [0.25, 0.3) is 6.08 Å². The number of benzene rings is 1. The molecule has 0 aromatic heterocycles. The molecule has 0 unspecified atom stereocenters. The summed E-state index contributed by atoms with van der Waals surface area (Å²) in [6.45, 7) is 4.34. The van der Waals surface area contributed by atoms with Gasteiger partial charge in [-0.1, -0.05) is 48.9 Å². The van der Waals surface area contributed by atoms with E-state index in [4.69, 9.17) is 0 Å². The zero-order valence-electron chi connectivity index (χ0n) is 7.17. The van der Waals surface area contributed by atoms with Crippen molar-refractivity contribution in [2.75, 3.05) is 0 Å².